The van der Waals surface area contributed by atoms with Crippen LogP contribution in [0, 0.1) is 11.8 Å². The van der Waals surface area contributed by atoms with E-state index in [1.807, 2.05) is 20.8 Å². The molecule has 0 bridgehead atoms. The van der Waals surface area contributed by atoms with Gasteiger partial charge in [0.25, 0.3) is 0 Å². The lowest BCUT2D eigenvalue weighted by molar-refractivity contribution is -0.144. The van der Waals surface area contributed by atoms with E-state index in [9.17, 15) is 9.59 Å². The average Bonchev–Trinajstić information content (AvgIpc) is 2.54. The summed E-state index contributed by atoms with van der Waals surface area (Å²) in [5, 5.41) is 16.6. The van der Waals surface area contributed by atoms with Gasteiger partial charge in [0.05, 0.1) is 6.10 Å². The summed E-state index contributed by atoms with van der Waals surface area (Å²) in [7, 11) is 0. The normalized spacial score (nSPS) is 15.2. The third-order valence-corrected chi connectivity index (χ3v) is 3.83. The first kappa shape index (κ1) is 28.2. The number of carbonyl (C=O) groups excluding carboxylic acids is 1. The molecular weight excluding hydrogens is 320 g/mol. The lowest BCUT2D eigenvalue weighted by atomic mass is 10.0. The first-order chi connectivity index (χ1) is 11.6. The maximum atomic E-state index is 11.0. The highest BCUT2D eigenvalue weighted by Gasteiger charge is 2.12. The van der Waals surface area contributed by atoms with Gasteiger partial charge in [-0.2, -0.15) is 0 Å². The van der Waals surface area contributed by atoms with Crippen molar-refractivity contribution in [3.8, 4) is 0 Å². The SMILES string of the molecule is C/C=C/C(=O)O.C/C=C/C(=O)OC(C)C(C)CC.CCC(C)C(C)O. The molecule has 0 radical (unpaired) electrons. The Morgan fingerprint density at radius 3 is 1.56 bits per heavy atom. The Balaban J connectivity index is -0.000000317. The zero-order valence-corrected chi connectivity index (χ0v) is 17.2. The Morgan fingerprint density at radius 2 is 1.36 bits per heavy atom. The minimum absolute atomic E-state index is 0.0127. The van der Waals surface area contributed by atoms with E-state index in [2.05, 4.69) is 20.8 Å². The maximum Gasteiger partial charge on any atom is 0.330 e. The lowest BCUT2D eigenvalue weighted by Crippen LogP contribution is -2.20. The van der Waals surface area contributed by atoms with Gasteiger partial charge < -0.3 is 14.9 Å². The molecule has 0 saturated carbocycles. The molecule has 0 fully saturated rings. The van der Waals surface area contributed by atoms with Crippen LogP contribution in [0.1, 0.15) is 68.2 Å². The van der Waals surface area contributed by atoms with E-state index in [-0.39, 0.29) is 18.2 Å². The fourth-order valence-corrected chi connectivity index (χ4v) is 1.29. The number of esters is 1. The lowest BCUT2D eigenvalue weighted by Gasteiger charge is -2.17. The molecule has 2 N–H and O–H groups in total. The Bertz CT molecular complexity index is 386. The standard InChI is InChI=1S/C10H18O2.C6H14O.C4H6O2/c1-5-7-10(11)12-9(4)8(3)6-2;1-4-5(2)6(3)7;1-2-3-4(5)6/h5,7-9H,6H2,1-4H3;5-7H,4H2,1-3H3;2-3H,1H3,(H,5,6)/b7-5+;;3-2+. The summed E-state index contributed by atoms with van der Waals surface area (Å²) in [6.07, 6.45) is 7.66. The van der Waals surface area contributed by atoms with Gasteiger partial charge in [-0.25, -0.2) is 9.59 Å². The van der Waals surface area contributed by atoms with Gasteiger partial charge >= 0.3 is 11.9 Å². The number of ether oxygens (including phenoxy) is 1. The van der Waals surface area contributed by atoms with Gasteiger partial charge in [0, 0.05) is 12.2 Å². The van der Waals surface area contributed by atoms with Crippen molar-refractivity contribution in [2.75, 3.05) is 0 Å². The number of allylic oxidation sites excluding steroid dienone is 2. The molecule has 0 rings (SSSR count). The van der Waals surface area contributed by atoms with Crippen molar-refractivity contribution >= 4 is 11.9 Å². The summed E-state index contributed by atoms with van der Waals surface area (Å²) in [5.41, 5.74) is 0. The molecule has 0 saturated heterocycles. The van der Waals surface area contributed by atoms with Crippen LogP contribution in [-0.2, 0) is 14.3 Å². The van der Waals surface area contributed by atoms with Crippen molar-refractivity contribution < 1.29 is 24.5 Å². The fraction of sp³-hybridized carbons (Fsp3) is 0.700. The van der Waals surface area contributed by atoms with Crippen LogP contribution in [0.15, 0.2) is 24.3 Å². The van der Waals surface area contributed by atoms with Crippen molar-refractivity contribution in [3.63, 3.8) is 0 Å². The average molecular weight is 359 g/mol. The molecule has 0 amide bonds. The van der Waals surface area contributed by atoms with Crippen molar-refractivity contribution in [1.29, 1.82) is 0 Å². The van der Waals surface area contributed by atoms with Gasteiger partial charge in [0.1, 0.15) is 6.10 Å². The number of hydrogen-bond acceptors (Lipinski definition) is 4. The number of rotatable bonds is 7. The maximum absolute atomic E-state index is 11.0. The number of carboxylic acid groups (broad SMARTS) is 1. The number of aliphatic hydroxyl groups excluding tert-OH is 1. The molecule has 0 aromatic rings. The monoisotopic (exact) mass is 358 g/mol. The van der Waals surface area contributed by atoms with Crippen LogP contribution >= 0.6 is 0 Å². The predicted octanol–water partition coefficient (Wildman–Crippen LogP) is 4.60. The minimum atomic E-state index is -0.891. The van der Waals surface area contributed by atoms with Gasteiger partial charge in [0.2, 0.25) is 0 Å². The molecule has 0 aromatic carbocycles. The van der Waals surface area contributed by atoms with Gasteiger partial charge in [-0.1, -0.05) is 52.7 Å². The molecule has 25 heavy (non-hydrogen) atoms. The van der Waals surface area contributed by atoms with E-state index < -0.39 is 5.97 Å². The summed E-state index contributed by atoms with van der Waals surface area (Å²) in [4.78, 5) is 20.5. The topological polar surface area (TPSA) is 83.8 Å². The predicted molar refractivity (Wildman–Crippen MR) is 103 cm³/mol. The summed E-state index contributed by atoms with van der Waals surface area (Å²) in [6, 6.07) is 0. The van der Waals surface area contributed by atoms with Gasteiger partial charge in [-0.15, -0.1) is 0 Å². The highest BCUT2D eigenvalue weighted by Crippen LogP contribution is 2.10. The molecule has 0 aliphatic carbocycles. The number of hydrogen-bond donors (Lipinski definition) is 2. The molecule has 5 heteroatoms. The molecular formula is C20H38O5. The van der Waals surface area contributed by atoms with Crippen LogP contribution in [-0.4, -0.2) is 34.4 Å². The molecule has 0 aliphatic heterocycles. The summed E-state index contributed by atoms with van der Waals surface area (Å²) in [6.45, 7) is 15.5. The molecule has 4 unspecified atom stereocenters. The van der Waals surface area contributed by atoms with Crippen molar-refractivity contribution in [2.45, 2.75) is 80.4 Å². The van der Waals surface area contributed by atoms with Gasteiger partial charge in [-0.3, -0.25) is 0 Å². The highest BCUT2D eigenvalue weighted by molar-refractivity contribution is 5.81. The second-order valence-corrected chi connectivity index (χ2v) is 5.99. The Kier molecular flexibility index (Phi) is 21.1. The number of aliphatic carboxylic acids is 1. The zero-order valence-electron chi connectivity index (χ0n) is 17.2. The minimum Gasteiger partial charge on any atom is -0.478 e. The Hall–Kier alpha value is -1.62. The zero-order chi connectivity index (χ0) is 20.4. The van der Waals surface area contributed by atoms with Crippen LogP contribution < -0.4 is 0 Å². The van der Waals surface area contributed by atoms with Gasteiger partial charge in [-0.05, 0) is 39.5 Å². The molecule has 0 spiro atoms. The van der Waals surface area contributed by atoms with Crippen molar-refractivity contribution in [2.24, 2.45) is 11.8 Å². The van der Waals surface area contributed by atoms with E-state index in [0.29, 0.717) is 11.8 Å². The van der Waals surface area contributed by atoms with Crippen molar-refractivity contribution in [3.05, 3.63) is 24.3 Å². The summed E-state index contributed by atoms with van der Waals surface area (Å²) < 4.78 is 5.12. The molecule has 0 heterocycles. The number of carboxylic acids is 1. The van der Waals surface area contributed by atoms with Crippen LogP contribution in [0.25, 0.3) is 0 Å². The Labute approximate surface area is 153 Å². The summed E-state index contributed by atoms with van der Waals surface area (Å²) in [5.74, 6) is -0.248. The second-order valence-electron chi connectivity index (χ2n) is 5.99. The number of aliphatic hydroxyl groups is 1. The first-order valence-electron chi connectivity index (χ1n) is 8.94. The third kappa shape index (κ3) is 22.4. The van der Waals surface area contributed by atoms with E-state index in [0.717, 1.165) is 18.9 Å². The van der Waals surface area contributed by atoms with Crippen LogP contribution in [0.5, 0.6) is 0 Å². The molecule has 5 nitrogen and oxygen atoms in total. The van der Waals surface area contributed by atoms with E-state index in [1.165, 1.54) is 12.2 Å². The second kappa shape index (κ2) is 18.7. The molecule has 4 atom stereocenters. The molecule has 148 valence electrons. The highest BCUT2D eigenvalue weighted by atomic mass is 16.5. The smallest absolute Gasteiger partial charge is 0.330 e. The van der Waals surface area contributed by atoms with Crippen molar-refractivity contribution in [1.82, 2.24) is 0 Å². The first-order valence-corrected chi connectivity index (χ1v) is 8.94. The summed E-state index contributed by atoms with van der Waals surface area (Å²) >= 11 is 0. The van der Waals surface area contributed by atoms with E-state index in [1.54, 1.807) is 19.9 Å². The third-order valence-electron chi connectivity index (χ3n) is 3.83. The van der Waals surface area contributed by atoms with E-state index >= 15 is 0 Å². The fourth-order valence-electron chi connectivity index (χ4n) is 1.29. The quantitative estimate of drug-likeness (QED) is 0.513. The molecule has 0 aliphatic rings. The van der Waals surface area contributed by atoms with Crippen LogP contribution in [0.3, 0.4) is 0 Å². The van der Waals surface area contributed by atoms with Gasteiger partial charge in [0.15, 0.2) is 0 Å². The van der Waals surface area contributed by atoms with Crippen LogP contribution in [0.4, 0.5) is 0 Å². The largest absolute Gasteiger partial charge is 0.478 e. The van der Waals surface area contributed by atoms with E-state index in [4.69, 9.17) is 14.9 Å². The molecule has 0 aromatic heterocycles. The van der Waals surface area contributed by atoms with Crippen LogP contribution in [0.2, 0.25) is 0 Å². The Morgan fingerprint density at radius 1 is 0.920 bits per heavy atom. The number of carbonyl (C=O) groups is 2.